The third-order valence-corrected chi connectivity index (χ3v) is 6.06. The second kappa shape index (κ2) is 9.87. The molecule has 0 spiro atoms. The highest BCUT2D eigenvalue weighted by molar-refractivity contribution is 7.09. The smallest absolute Gasteiger partial charge is 0.342 e. The lowest BCUT2D eigenvalue weighted by Crippen LogP contribution is -2.46. The highest BCUT2D eigenvalue weighted by Crippen LogP contribution is 2.24. The number of benzene rings is 1. The summed E-state index contributed by atoms with van der Waals surface area (Å²) in [6, 6.07) is 7.03. The van der Waals surface area contributed by atoms with Crippen LogP contribution in [0.1, 0.15) is 60.6 Å². The Balaban J connectivity index is 1.58. The van der Waals surface area contributed by atoms with Gasteiger partial charge in [-0.15, -0.1) is 11.3 Å². The van der Waals surface area contributed by atoms with E-state index in [1.807, 2.05) is 12.3 Å². The monoisotopic (exact) mass is 416 g/mol. The number of nitrogens with one attached hydrogen (secondary N) is 1. The van der Waals surface area contributed by atoms with Crippen molar-refractivity contribution in [3.05, 3.63) is 45.9 Å². The first-order valence-electron chi connectivity index (χ1n) is 10.1. The predicted octanol–water partition coefficient (Wildman–Crippen LogP) is 4.27. The van der Waals surface area contributed by atoms with E-state index in [1.54, 1.807) is 42.5 Å². The third-order valence-electron chi connectivity index (χ3n) is 5.24. The molecule has 3 rings (SSSR count). The SMILES string of the molecule is Cc1nc(COc2ccccc2C(=O)O[C@H](C)C(=O)N[C@H]2CCCC[C@@H]2C)cs1. The standard InChI is InChI=1S/C22H28N2O4S/c1-14-8-4-6-10-19(14)24-21(25)15(2)28-22(26)18-9-5-7-11-20(18)27-12-17-13-29-16(3)23-17/h5,7,9,11,13-15,19H,4,6,8,10,12H2,1-3H3,(H,24,25)/t14-,15+,19-/m0/s1. The first-order chi connectivity index (χ1) is 13.9. The summed E-state index contributed by atoms with van der Waals surface area (Å²) in [7, 11) is 0. The number of thiazole rings is 1. The molecule has 3 atom stereocenters. The fourth-order valence-corrected chi connectivity index (χ4v) is 4.09. The molecule has 6 nitrogen and oxygen atoms in total. The van der Waals surface area contributed by atoms with Crippen LogP contribution < -0.4 is 10.1 Å². The van der Waals surface area contributed by atoms with Gasteiger partial charge in [0.1, 0.15) is 17.9 Å². The number of ether oxygens (including phenoxy) is 2. The molecule has 0 bridgehead atoms. The lowest BCUT2D eigenvalue weighted by molar-refractivity contribution is -0.130. The molecule has 1 N–H and O–H groups in total. The van der Waals surface area contributed by atoms with Crippen LogP contribution in [0.15, 0.2) is 29.6 Å². The molecule has 1 saturated carbocycles. The lowest BCUT2D eigenvalue weighted by atomic mass is 9.86. The van der Waals surface area contributed by atoms with E-state index in [2.05, 4.69) is 17.2 Å². The summed E-state index contributed by atoms with van der Waals surface area (Å²) in [6.45, 7) is 5.95. The average molecular weight is 417 g/mol. The first kappa shape index (κ1) is 21.3. The van der Waals surface area contributed by atoms with Gasteiger partial charge in [-0.05, 0) is 44.7 Å². The van der Waals surface area contributed by atoms with Gasteiger partial charge >= 0.3 is 5.97 Å². The number of hydrogen-bond donors (Lipinski definition) is 1. The first-order valence-corrected chi connectivity index (χ1v) is 11.0. The number of carbonyl (C=O) groups is 2. The van der Waals surface area contributed by atoms with Crippen LogP contribution >= 0.6 is 11.3 Å². The molecule has 156 valence electrons. The van der Waals surface area contributed by atoms with E-state index < -0.39 is 12.1 Å². The van der Waals surface area contributed by atoms with Crippen LogP contribution in [0.2, 0.25) is 0 Å². The maximum Gasteiger partial charge on any atom is 0.342 e. The van der Waals surface area contributed by atoms with Crippen molar-refractivity contribution in [1.82, 2.24) is 10.3 Å². The van der Waals surface area contributed by atoms with E-state index in [0.29, 0.717) is 17.2 Å². The highest BCUT2D eigenvalue weighted by atomic mass is 32.1. The Hall–Kier alpha value is -2.41. The second-order valence-corrected chi connectivity index (χ2v) is 8.63. The van der Waals surface area contributed by atoms with Gasteiger partial charge in [0.15, 0.2) is 6.10 Å². The van der Waals surface area contributed by atoms with Crippen molar-refractivity contribution in [2.75, 3.05) is 0 Å². The number of rotatable bonds is 7. The maximum atomic E-state index is 12.7. The molecule has 2 aromatic rings. The summed E-state index contributed by atoms with van der Waals surface area (Å²) in [5, 5.41) is 5.92. The summed E-state index contributed by atoms with van der Waals surface area (Å²) in [5.41, 5.74) is 1.11. The van der Waals surface area contributed by atoms with Gasteiger partial charge < -0.3 is 14.8 Å². The minimum atomic E-state index is -0.870. The van der Waals surface area contributed by atoms with E-state index in [0.717, 1.165) is 30.0 Å². The molecule has 29 heavy (non-hydrogen) atoms. The van der Waals surface area contributed by atoms with Crippen LogP contribution in [0.4, 0.5) is 0 Å². The minimum absolute atomic E-state index is 0.148. The van der Waals surface area contributed by atoms with Crippen molar-refractivity contribution in [3.8, 4) is 5.75 Å². The Morgan fingerprint density at radius 3 is 2.76 bits per heavy atom. The van der Waals surface area contributed by atoms with Crippen LogP contribution in [-0.4, -0.2) is 29.0 Å². The van der Waals surface area contributed by atoms with Crippen LogP contribution in [-0.2, 0) is 16.1 Å². The highest BCUT2D eigenvalue weighted by Gasteiger charge is 2.27. The van der Waals surface area contributed by atoms with Gasteiger partial charge in [0.25, 0.3) is 5.91 Å². The van der Waals surface area contributed by atoms with Gasteiger partial charge in [0, 0.05) is 11.4 Å². The number of para-hydroxylation sites is 1. The van der Waals surface area contributed by atoms with E-state index in [-0.39, 0.29) is 18.6 Å². The van der Waals surface area contributed by atoms with Crippen molar-refractivity contribution in [3.63, 3.8) is 0 Å². The van der Waals surface area contributed by atoms with Crippen molar-refractivity contribution in [2.45, 2.75) is 65.2 Å². The predicted molar refractivity (Wildman–Crippen MR) is 112 cm³/mol. The number of amides is 1. The minimum Gasteiger partial charge on any atom is -0.486 e. The molecule has 1 aliphatic carbocycles. The van der Waals surface area contributed by atoms with Crippen LogP contribution in [0.3, 0.4) is 0 Å². The van der Waals surface area contributed by atoms with Crippen LogP contribution in [0.25, 0.3) is 0 Å². The summed E-state index contributed by atoms with van der Waals surface area (Å²) in [6.07, 6.45) is 3.54. The summed E-state index contributed by atoms with van der Waals surface area (Å²) in [4.78, 5) is 29.5. The summed E-state index contributed by atoms with van der Waals surface area (Å²) < 4.78 is 11.2. The second-order valence-electron chi connectivity index (χ2n) is 7.57. The Morgan fingerprint density at radius 1 is 1.28 bits per heavy atom. The topological polar surface area (TPSA) is 77.5 Å². The zero-order valence-electron chi connectivity index (χ0n) is 17.1. The number of carbonyl (C=O) groups excluding carboxylic acids is 2. The van der Waals surface area contributed by atoms with Crippen LogP contribution in [0, 0.1) is 12.8 Å². The molecule has 1 heterocycles. The molecule has 1 fully saturated rings. The van der Waals surface area contributed by atoms with Gasteiger partial charge in [0.05, 0.1) is 10.7 Å². The number of hydrogen-bond acceptors (Lipinski definition) is 6. The quantitative estimate of drug-likeness (QED) is 0.682. The molecular weight excluding hydrogens is 388 g/mol. The number of nitrogens with zero attached hydrogens (tertiary/aromatic N) is 1. The zero-order chi connectivity index (χ0) is 20.8. The fraction of sp³-hybridized carbons (Fsp3) is 0.500. The van der Waals surface area contributed by atoms with E-state index in [4.69, 9.17) is 9.47 Å². The largest absolute Gasteiger partial charge is 0.486 e. The van der Waals surface area contributed by atoms with Gasteiger partial charge in [-0.1, -0.05) is 31.9 Å². The van der Waals surface area contributed by atoms with Crippen molar-refractivity contribution in [1.29, 1.82) is 0 Å². The number of aromatic nitrogens is 1. The fourth-order valence-electron chi connectivity index (χ4n) is 3.50. The lowest BCUT2D eigenvalue weighted by Gasteiger charge is -2.30. The molecule has 0 aliphatic heterocycles. The van der Waals surface area contributed by atoms with Gasteiger partial charge in [-0.25, -0.2) is 9.78 Å². The van der Waals surface area contributed by atoms with E-state index in [1.165, 1.54) is 6.42 Å². The van der Waals surface area contributed by atoms with E-state index >= 15 is 0 Å². The number of aryl methyl sites for hydroxylation is 1. The molecule has 0 radical (unpaired) electrons. The molecule has 1 aromatic heterocycles. The molecule has 1 aliphatic rings. The Morgan fingerprint density at radius 2 is 2.03 bits per heavy atom. The van der Waals surface area contributed by atoms with Crippen molar-refractivity contribution in [2.24, 2.45) is 5.92 Å². The Bertz CT molecular complexity index is 851. The molecule has 7 heteroatoms. The maximum absolute atomic E-state index is 12.7. The molecule has 0 saturated heterocycles. The van der Waals surface area contributed by atoms with Crippen molar-refractivity contribution >= 4 is 23.2 Å². The Labute approximate surface area is 175 Å². The summed E-state index contributed by atoms with van der Waals surface area (Å²) >= 11 is 1.55. The zero-order valence-corrected chi connectivity index (χ0v) is 18.0. The average Bonchev–Trinajstić information content (AvgIpc) is 3.13. The molecule has 1 aromatic carbocycles. The van der Waals surface area contributed by atoms with Crippen LogP contribution in [0.5, 0.6) is 5.75 Å². The Kier molecular flexibility index (Phi) is 7.25. The number of esters is 1. The summed E-state index contributed by atoms with van der Waals surface area (Å²) in [5.74, 6) is 0.0265. The van der Waals surface area contributed by atoms with Crippen molar-refractivity contribution < 1.29 is 19.1 Å². The van der Waals surface area contributed by atoms with E-state index in [9.17, 15) is 9.59 Å². The van der Waals surface area contributed by atoms with Gasteiger partial charge in [0.2, 0.25) is 0 Å². The van der Waals surface area contributed by atoms with Gasteiger partial charge in [-0.2, -0.15) is 0 Å². The normalized spacial score (nSPS) is 20.0. The van der Waals surface area contributed by atoms with Gasteiger partial charge in [-0.3, -0.25) is 4.79 Å². The molecule has 0 unspecified atom stereocenters. The third kappa shape index (κ3) is 5.79. The molecular formula is C22H28N2O4S. The molecule has 1 amide bonds.